The fraction of sp³-hybridized carbons (Fsp3) is 0.920. The minimum atomic E-state index is -4.55. The third-order valence-electron chi connectivity index (χ3n) is 8.09. The molecule has 1 nitrogen and oxygen atoms in total. The van der Waals surface area contributed by atoms with E-state index in [9.17, 15) is 17.6 Å². The van der Waals surface area contributed by atoms with Crippen molar-refractivity contribution in [3.63, 3.8) is 0 Å². The van der Waals surface area contributed by atoms with Crippen molar-refractivity contribution >= 4 is 0 Å². The summed E-state index contributed by atoms with van der Waals surface area (Å²) in [5.41, 5.74) is 0. The molecule has 0 aromatic heterocycles. The van der Waals surface area contributed by atoms with E-state index in [2.05, 4.69) is 6.92 Å². The maximum Gasteiger partial charge on any atom is 0.412 e. The number of unbranched alkanes of at least 4 members (excludes halogenated alkanes) is 2. The van der Waals surface area contributed by atoms with Crippen LogP contribution in [0.5, 0.6) is 0 Å². The summed E-state index contributed by atoms with van der Waals surface area (Å²) in [6.45, 7) is 3.19. The Balaban J connectivity index is 1.35. The molecule has 2 saturated carbocycles. The standard InChI is InChI=1S/C25H40F4O/c1-2-3-4-5-18-6-15-24(30-17-18)22-13-9-20(10-14-22)19-7-11-21(12-8-19)23(26)16-25(27,28)29/h16,18-22,24H,2-15,17H2,1H3/b23-16-. The predicted octanol–water partition coefficient (Wildman–Crippen LogP) is 8.39. The van der Waals surface area contributed by atoms with Crippen molar-refractivity contribution in [3.05, 3.63) is 11.9 Å². The zero-order valence-electron chi connectivity index (χ0n) is 18.6. The lowest BCUT2D eigenvalue weighted by Crippen LogP contribution is -2.35. The van der Waals surface area contributed by atoms with Crippen LogP contribution >= 0.6 is 0 Å². The van der Waals surface area contributed by atoms with Crippen molar-refractivity contribution < 1.29 is 22.3 Å². The van der Waals surface area contributed by atoms with E-state index in [0.29, 0.717) is 36.7 Å². The lowest BCUT2D eigenvalue weighted by molar-refractivity contribution is -0.0822. The molecule has 3 fully saturated rings. The van der Waals surface area contributed by atoms with Gasteiger partial charge in [-0.3, -0.25) is 0 Å². The minimum Gasteiger partial charge on any atom is -0.378 e. The van der Waals surface area contributed by atoms with Gasteiger partial charge in [0.05, 0.1) is 12.2 Å². The van der Waals surface area contributed by atoms with Crippen molar-refractivity contribution in [2.45, 2.75) is 109 Å². The van der Waals surface area contributed by atoms with Gasteiger partial charge >= 0.3 is 6.18 Å². The molecule has 1 saturated heterocycles. The van der Waals surface area contributed by atoms with Gasteiger partial charge in [-0.2, -0.15) is 13.2 Å². The quantitative estimate of drug-likeness (QED) is 0.290. The van der Waals surface area contributed by atoms with Crippen LogP contribution in [0.4, 0.5) is 17.6 Å². The number of rotatable bonds is 7. The summed E-state index contributed by atoms with van der Waals surface area (Å²) in [4.78, 5) is 0. The summed E-state index contributed by atoms with van der Waals surface area (Å²) in [5, 5.41) is 0. The van der Waals surface area contributed by atoms with E-state index in [4.69, 9.17) is 4.74 Å². The first kappa shape index (κ1) is 24.1. The minimum absolute atomic E-state index is 0.137. The summed E-state index contributed by atoms with van der Waals surface area (Å²) >= 11 is 0. The molecule has 3 rings (SSSR count). The molecule has 3 aliphatic rings. The zero-order valence-corrected chi connectivity index (χ0v) is 18.6. The molecule has 0 spiro atoms. The lowest BCUT2D eigenvalue weighted by atomic mass is 9.68. The van der Waals surface area contributed by atoms with Gasteiger partial charge in [-0.1, -0.05) is 26.2 Å². The number of hydrogen-bond acceptors (Lipinski definition) is 1. The fourth-order valence-electron chi connectivity index (χ4n) is 6.24. The SMILES string of the molecule is CCCCCC1CCC(C2CCC(C3CCC(/C(F)=C/C(F)(F)F)CC3)CC2)OC1. The van der Waals surface area contributed by atoms with Gasteiger partial charge < -0.3 is 4.74 Å². The second-order valence-corrected chi connectivity index (χ2v) is 10.2. The van der Waals surface area contributed by atoms with Crippen molar-refractivity contribution in [2.75, 3.05) is 6.61 Å². The molecule has 5 heteroatoms. The van der Waals surface area contributed by atoms with Gasteiger partial charge in [-0.25, -0.2) is 4.39 Å². The van der Waals surface area contributed by atoms with Crippen molar-refractivity contribution in [3.8, 4) is 0 Å². The first-order valence-electron chi connectivity index (χ1n) is 12.4. The van der Waals surface area contributed by atoms with Crippen molar-refractivity contribution in [1.29, 1.82) is 0 Å². The number of allylic oxidation sites excluding steroid dienone is 2. The first-order valence-corrected chi connectivity index (χ1v) is 12.4. The molecule has 0 N–H and O–H groups in total. The molecular weight excluding hydrogens is 392 g/mol. The molecule has 2 atom stereocenters. The zero-order chi connectivity index (χ0) is 21.6. The monoisotopic (exact) mass is 432 g/mol. The summed E-state index contributed by atoms with van der Waals surface area (Å²) in [6.07, 6.45) is 11.3. The number of ether oxygens (including phenoxy) is 1. The molecule has 174 valence electrons. The third kappa shape index (κ3) is 7.24. The largest absolute Gasteiger partial charge is 0.412 e. The highest BCUT2D eigenvalue weighted by Crippen LogP contribution is 2.45. The van der Waals surface area contributed by atoms with Crippen LogP contribution in [0.25, 0.3) is 0 Å². The molecule has 1 aliphatic heterocycles. The van der Waals surface area contributed by atoms with Crippen LogP contribution < -0.4 is 0 Å². The van der Waals surface area contributed by atoms with Gasteiger partial charge in [-0.05, 0) is 94.3 Å². The lowest BCUT2D eigenvalue weighted by Gasteiger charge is -2.41. The molecule has 1 heterocycles. The molecule has 0 aromatic carbocycles. The Hall–Kier alpha value is -0.580. The summed E-state index contributed by atoms with van der Waals surface area (Å²) in [5.74, 6) is 1.18. The molecule has 30 heavy (non-hydrogen) atoms. The maximum atomic E-state index is 13.9. The van der Waals surface area contributed by atoms with Crippen LogP contribution in [-0.2, 0) is 4.74 Å². The average Bonchev–Trinajstić information content (AvgIpc) is 2.73. The molecule has 0 bridgehead atoms. The fourth-order valence-corrected chi connectivity index (χ4v) is 6.24. The van der Waals surface area contributed by atoms with E-state index >= 15 is 0 Å². The summed E-state index contributed by atoms with van der Waals surface area (Å²) in [6, 6.07) is 0. The Morgan fingerprint density at radius 2 is 1.43 bits per heavy atom. The summed E-state index contributed by atoms with van der Waals surface area (Å²) in [7, 11) is 0. The van der Waals surface area contributed by atoms with E-state index in [1.165, 1.54) is 64.2 Å². The number of alkyl halides is 3. The van der Waals surface area contributed by atoms with E-state index < -0.39 is 17.9 Å². The Morgan fingerprint density at radius 3 is 1.97 bits per heavy atom. The van der Waals surface area contributed by atoms with Crippen molar-refractivity contribution in [2.24, 2.45) is 29.6 Å². The highest BCUT2D eigenvalue weighted by atomic mass is 19.4. The smallest absolute Gasteiger partial charge is 0.378 e. The molecule has 2 unspecified atom stereocenters. The third-order valence-corrected chi connectivity index (χ3v) is 8.09. The van der Waals surface area contributed by atoms with Gasteiger partial charge in [0.15, 0.2) is 0 Å². The predicted molar refractivity (Wildman–Crippen MR) is 113 cm³/mol. The highest BCUT2D eigenvalue weighted by Gasteiger charge is 2.36. The molecule has 2 aliphatic carbocycles. The second-order valence-electron chi connectivity index (χ2n) is 10.2. The molecule has 0 amide bonds. The van der Waals surface area contributed by atoms with Crippen LogP contribution in [0.3, 0.4) is 0 Å². The Bertz CT molecular complexity index is 520. The number of hydrogen-bond donors (Lipinski definition) is 0. The van der Waals surface area contributed by atoms with Crippen LogP contribution in [0, 0.1) is 29.6 Å². The van der Waals surface area contributed by atoms with E-state index in [0.717, 1.165) is 25.4 Å². The van der Waals surface area contributed by atoms with Gasteiger partial charge in [0.25, 0.3) is 0 Å². The Kier molecular flexibility index (Phi) is 9.09. The maximum absolute atomic E-state index is 13.9. The Labute approximate surface area is 180 Å². The topological polar surface area (TPSA) is 9.23 Å². The Morgan fingerprint density at radius 1 is 0.833 bits per heavy atom. The van der Waals surface area contributed by atoms with E-state index in [-0.39, 0.29) is 6.08 Å². The first-order chi connectivity index (χ1) is 14.4. The van der Waals surface area contributed by atoms with Gasteiger partial charge in [-0.15, -0.1) is 0 Å². The van der Waals surface area contributed by atoms with E-state index in [1.807, 2.05) is 0 Å². The van der Waals surface area contributed by atoms with Gasteiger partial charge in [0, 0.05) is 12.5 Å². The molecule has 0 aromatic rings. The van der Waals surface area contributed by atoms with E-state index in [1.54, 1.807) is 0 Å². The van der Waals surface area contributed by atoms with Gasteiger partial charge in [0.2, 0.25) is 0 Å². The molecular formula is C25H40F4O. The normalized spacial score (nSPS) is 36.6. The van der Waals surface area contributed by atoms with Crippen LogP contribution in [0.2, 0.25) is 0 Å². The van der Waals surface area contributed by atoms with Crippen LogP contribution in [-0.4, -0.2) is 18.9 Å². The molecule has 0 radical (unpaired) electrons. The van der Waals surface area contributed by atoms with Crippen LogP contribution in [0.15, 0.2) is 11.9 Å². The summed E-state index contributed by atoms with van der Waals surface area (Å²) < 4.78 is 57.3. The van der Waals surface area contributed by atoms with Crippen molar-refractivity contribution in [1.82, 2.24) is 0 Å². The average molecular weight is 433 g/mol. The highest BCUT2D eigenvalue weighted by molar-refractivity contribution is 5.03. The van der Waals surface area contributed by atoms with Crippen LogP contribution in [0.1, 0.15) is 96.8 Å². The van der Waals surface area contributed by atoms with Gasteiger partial charge in [0.1, 0.15) is 5.83 Å². The number of halogens is 4. The second kappa shape index (κ2) is 11.3.